The van der Waals surface area contributed by atoms with E-state index in [0.29, 0.717) is 25.1 Å². The van der Waals surface area contributed by atoms with Crippen LogP contribution in [0.3, 0.4) is 0 Å². The lowest BCUT2D eigenvalue weighted by atomic mass is 10.1. The Morgan fingerprint density at radius 2 is 2.19 bits per heavy atom. The molecule has 1 heterocycles. The first-order valence-corrected chi connectivity index (χ1v) is 6.71. The summed E-state index contributed by atoms with van der Waals surface area (Å²) in [6, 6.07) is 3.08. The predicted molar refractivity (Wildman–Crippen MR) is 72.2 cm³/mol. The monoisotopic (exact) mass is 303 g/mol. The molecule has 1 fully saturated rings. The minimum absolute atomic E-state index is 0.119. The summed E-state index contributed by atoms with van der Waals surface area (Å²) in [4.78, 5) is 9.76. The van der Waals surface area contributed by atoms with Crippen LogP contribution in [0, 0.1) is 10.1 Å². The summed E-state index contributed by atoms with van der Waals surface area (Å²) in [5.74, 6) is 0. The highest BCUT2D eigenvalue weighted by atomic mass is 19.4. The van der Waals surface area contributed by atoms with Gasteiger partial charge in [0.25, 0.3) is 5.69 Å². The molecular weight excluding hydrogens is 287 g/mol. The van der Waals surface area contributed by atoms with E-state index in [4.69, 9.17) is 0 Å². The molecule has 8 heteroatoms. The van der Waals surface area contributed by atoms with Crippen LogP contribution >= 0.6 is 0 Å². The van der Waals surface area contributed by atoms with Crippen molar-refractivity contribution in [3.05, 3.63) is 33.9 Å². The number of nitrogens with zero attached hydrogens (tertiary/aromatic N) is 1. The first kappa shape index (κ1) is 15.6. The molecule has 0 saturated carbocycles. The highest BCUT2D eigenvalue weighted by Crippen LogP contribution is 2.37. The number of alkyl halides is 3. The third kappa shape index (κ3) is 4.07. The molecule has 0 bridgehead atoms. The zero-order valence-electron chi connectivity index (χ0n) is 11.2. The summed E-state index contributed by atoms with van der Waals surface area (Å²) in [6.07, 6.45) is -1.81. The van der Waals surface area contributed by atoms with Gasteiger partial charge in [-0.15, -0.1) is 0 Å². The van der Waals surface area contributed by atoms with Gasteiger partial charge in [0, 0.05) is 30.4 Å². The summed E-state index contributed by atoms with van der Waals surface area (Å²) in [5.41, 5.74) is -1.69. The first-order valence-electron chi connectivity index (χ1n) is 6.71. The second-order valence-electron chi connectivity index (χ2n) is 4.99. The van der Waals surface area contributed by atoms with Crippen LogP contribution in [-0.4, -0.2) is 24.1 Å². The first-order chi connectivity index (χ1) is 9.88. The molecule has 1 atom stereocenters. The van der Waals surface area contributed by atoms with Gasteiger partial charge in [-0.25, -0.2) is 0 Å². The summed E-state index contributed by atoms with van der Waals surface area (Å²) in [5, 5.41) is 16.6. The zero-order valence-corrected chi connectivity index (χ0v) is 11.2. The Labute approximate surface area is 119 Å². The number of nitro groups is 1. The van der Waals surface area contributed by atoms with E-state index >= 15 is 0 Å². The quantitative estimate of drug-likeness (QED) is 0.647. The standard InChI is InChI=1S/C13H16F3N3O2/c14-13(15,16)11-8-10(19(20)21)3-4-12(11)18-7-5-9-2-1-6-17-9/h3-4,8-9,17-18H,1-2,5-7H2/t9-/m1/s1. The molecule has 116 valence electrons. The lowest BCUT2D eigenvalue weighted by Gasteiger charge is -2.16. The molecule has 1 aromatic carbocycles. The molecule has 0 amide bonds. The molecule has 2 N–H and O–H groups in total. The molecule has 1 aliphatic rings. The molecule has 1 aromatic rings. The van der Waals surface area contributed by atoms with Crippen molar-refractivity contribution in [3.8, 4) is 0 Å². The molecule has 0 aromatic heterocycles. The molecule has 0 unspecified atom stereocenters. The van der Waals surface area contributed by atoms with Crippen molar-refractivity contribution in [1.82, 2.24) is 5.32 Å². The molecule has 21 heavy (non-hydrogen) atoms. The van der Waals surface area contributed by atoms with E-state index in [0.717, 1.165) is 31.5 Å². The Hall–Kier alpha value is -1.83. The van der Waals surface area contributed by atoms with Crippen molar-refractivity contribution in [2.24, 2.45) is 0 Å². The maximum atomic E-state index is 12.9. The molecule has 1 aliphatic heterocycles. The third-order valence-corrected chi connectivity index (χ3v) is 3.49. The van der Waals surface area contributed by atoms with Crippen molar-refractivity contribution < 1.29 is 18.1 Å². The second-order valence-corrected chi connectivity index (χ2v) is 4.99. The van der Waals surface area contributed by atoms with Gasteiger partial charge < -0.3 is 10.6 Å². The number of hydrogen-bond acceptors (Lipinski definition) is 4. The van der Waals surface area contributed by atoms with E-state index in [-0.39, 0.29) is 5.69 Å². The molecule has 1 saturated heterocycles. The fraction of sp³-hybridized carbons (Fsp3) is 0.538. The minimum atomic E-state index is -4.63. The maximum absolute atomic E-state index is 12.9. The van der Waals surface area contributed by atoms with Crippen molar-refractivity contribution in [2.75, 3.05) is 18.4 Å². The Kier molecular flexibility index (Phi) is 4.66. The molecule has 5 nitrogen and oxygen atoms in total. The van der Waals surface area contributed by atoms with Crippen molar-refractivity contribution in [3.63, 3.8) is 0 Å². The van der Waals surface area contributed by atoms with Gasteiger partial charge in [0.15, 0.2) is 0 Å². The number of anilines is 1. The summed E-state index contributed by atoms with van der Waals surface area (Å²) in [7, 11) is 0. The fourth-order valence-corrected chi connectivity index (χ4v) is 2.42. The van der Waals surface area contributed by atoms with Gasteiger partial charge in [-0.2, -0.15) is 13.2 Å². The molecule has 0 radical (unpaired) electrons. The Balaban J connectivity index is 2.08. The third-order valence-electron chi connectivity index (χ3n) is 3.49. The van der Waals surface area contributed by atoms with Gasteiger partial charge in [0.2, 0.25) is 0 Å². The number of benzene rings is 1. The predicted octanol–water partition coefficient (Wildman–Crippen LogP) is 3.17. The highest BCUT2D eigenvalue weighted by Gasteiger charge is 2.35. The lowest BCUT2D eigenvalue weighted by Crippen LogP contribution is -2.24. The number of halogens is 3. The van der Waals surface area contributed by atoms with E-state index in [1.165, 1.54) is 0 Å². The van der Waals surface area contributed by atoms with Crippen LogP contribution in [0.15, 0.2) is 18.2 Å². The van der Waals surface area contributed by atoms with E-state index in [1.54, 1.807) is 0 Å². The van der Waals surface area contributed by atoms with Crippen molar-refractivity contribution >= 4 is 11.4 Å². The smallest absolute Gasteiger partial charge is 0.384 e. The Morgan fingerprint density at radius 3 is 2.76 bits per heavy atom. The fourth-order valence-electron chi connectivity index (χ4n) is 2.42. The number of non-ortho nitro benzene ring substituents is 1. The van der Waals surface area contributed by atoms with Crippen LogP contribution in [0.1, 0.15) is 24.8 Å². The largest absolute Gasteiger partial charge is 0.418 e. The van der Waals surface area contributed by atoms with E-state index in [9.17, 15) is 23.3 Å². The second kappa shape index (κ2) is 6.30. The van der Waals surface area contributed by atoms with Crippen LogP contribution in [0.2, 0.25) is 0 Å². The normalized spacial score (nSPS) is 18.7. The summed E-state index contributed by atoms with van der Waals surface area (Å²) >= 11 is 0. The lowest BCUT2D eigenvalue weighted by molar-refractivity contribution is -0.385. The molecule has 2 rings (SSSR count). The van der Waals surface area contributed by atoms with E-state index < -0.39 is 22.4 Å². The summed E-state index contributed by atoms with van der Waals surface area (Å²) < 4.78 is 38.8. The number of hydrogen-bond donors (Lipinski definition) is 2. The molecule has 0 spiro atoms. The van der Waals surface area contributed by atoms with Gasteiger partial charge in [-0.3, -0.25) is 10.1 Å². The SMILES string of the molecule is O=[N+]([O-])c1ccc(NCC[C@H]2CCCN2)c(C(F)(F)F)c1. The average molecular weight is 303 g/mol. The van der Waals surface area contributed by atoms with Gasteiger partial charge in [0.1, 0.15) is 0 Å². The van der Waals surface area contributed by atoms with Crippen molar-refractivity contribution in [1.29, 1.82) is 0 Å². The number of nitrogens with one attached hydrogen (secondary N) is 2. The average Bonchev–Trinajstić information content (AvgIpc) is 2.90. The molecular formula is C13H16F3N3O2. The van der Waals surface area contributed by atoms with Gasteiger partial charge in [0.05, 0.1) is 10.5 Å². The van der Waals surface area contributed by atoms with Gasteiger partial charge in [-0.05, 0) is 31.9 Å². The van der Waals surface area contributed by atoms with Crippen LogP contribution in [0.25, 0.3) is 0 Å². The van der Waals surface area contributed by atoms with Gasteiger partial charge in [-0.1, -0.05) is 0 Å². The summed E-state index contributed by atoms with van der Waals surface area (Å²) in [6.45, 7) is 1.33. The Bertz CT molecular complexity index is 514. The van der Waals surface area contributed by atoms with Crippen LogP contribution in [0.5, 0.6) is 0 Å². The van der Waals surface area contributed by atoms with Gasteiger partial charge >= 0.3 is 6.18 Å². The maximum Gasteiger partial charge on any atom is 0.418 e. The van der Waals surface area contributed by atoms with Crippen LogP contribution in [-0.2, 0) is 6.18 Å². The number of nitro benzene ring substituents is 1. The Morgan fingerprint density at radius 1 is 1.43 bits per heavy atom. The van der Waals surface area contributed by atoms with E-state index in [2.05, 4.69) is 10.6 Å². The highest BCUT2D eigenvalue weighted by molar-refractivity contribution is 5.57. The minimum Gasteiger partial charge on any atom is -0.384 e. The molecule has 0 aliphatic carbocycles. The van der Waals surface area contributed by atoms with Crippen LogP contribution in [0.4, 0.5) is 24.5 Å². The van der Waals surface area contributed by atoms with Crippen molar-refractivity contribution in [2.45, 2.75) is 31.5 Å². The van der Waals surface area contributed by atoms with Crippen LogP contribution < -0.4 is 10.6 Å². The number of rotatable bonds is 5. The topological polar surface area (TPSA) is 67.2 Å². The van der Waals surface area contributed by atoms with E-state index in [1.807, 2.05) is 0 Å². The zero-order chi connectivity index (χ0) is 15.5.